The molecule has 2 aromatic rings. The van der Waals surface area contributed by atoms with E-state index < -0.39 is 5.97 Å². The minimum atomic E-state index is -0.495. The Balaban J connectivity index is 1.76. The molecule has 0 saturated carbocycles. The van der Waals surface area contributed by atoms with E-state index in [-0.39, 0.29) is 6.61 Å². The number of fused-ring (bicyclic) bond motifs is 1. The molecule has 1 aliphatic heterocycles. The van der Waals surface area contributed by atoms with Crippen LogP contribution in [0.25, 0.3) is 5.57 Å². The van der Waals surface area contributed by atoms with E-state index in [9.17, 15) is 10.0 Å². The van der Waals surface area contributed by atoms with Crippen molar-refractivity contribution in [2.45, 2.75) is 27.7 Å². The fraction of sp³-hybridized carbons (Fsp3) is 0.429. The van der Waals surface area contributed by atoms with Crippen molar-refractivity contribution >= 4 is 17.3 Å². The Labute approximate surface area is 207 Å². The number of hydrogen-bond donors (Lipinski definition) is 0. The van der Waals surface area contributed by atoms with Gasteiger partial charge in [0.25, 0.3) is 0 Å². The fourth-order valence-electron chi connectivity index (χ4n) is 5.10. The lowest BCUT2D eigenvalue weighted by Crippen LogP contribution is -2.38. The van der Waals surface area contributed by atoms with Gasteiger partial charge in [0.05, 0.1) is 25.4 Å². The van der Waals surface area contributed by atoms with Crippen LogP contribution in [-0.2, 0) is 14.3 Å². The average molecular weight is 479 g/mol. The summed E-state index contributed by atoms with van der Waals surface area (Å²) in [6, 6.07) is 9.92. The van der Waals surface area contributed by atoms with Crippen LogP contribution in [0.3, 0.4) is 0 Å². The van der Waals surface area contributed by atoms with Gasteiger partial charge in [0, 0.05) is 25.2 Å². The van der Waals surface area contributed by atoms with Crippen molar-refractivity contribution in [3.05, 3.63) is 74.5 Å². The maximum Gasteiger partial charge on any atom is 0.345 e. The highest BCUT2D eigenvalue weighted by Crippen LogP contribution is 2.42. The lowest BCUT2D eigenvalue weighted by molar-refractivity contribution is -0.421. The predicted octanol–water partition coefficient (Wildman–Crippen LogP) is 3.63. The molecule has 0 radical (unpaired) electrons. The summed E-state index contributed by atoms with van der Waals surface area (Å²) in [5, 5.41) is 12.8. The van der Waals surface area contributed by atoms with Gasteiger partial charge in [-0.2, -0.15) is 0 Å². The van der Waals surface area contributed by atoms with Gasteiger partial charge in [-0.3, -0.25) is 4.90 Å². The maximum atomic E-state index is 13.2. The number of rotatable bonds is 7. The van der Waals surface area contributed by atoms with E-state index in [1.54, 1.807) is 6.92 Å². The lowest BCUT2D eigenvalue weighted by Gasteiger charge is -2.26. The largest absolute Gasteiger partial charge is 0.624 e. The zero-order chi connectivity index (χ0) is 25.1. The van der Waals surface area contributed by atoms with Gasteiger partial charge >= 0.3 is 5.97 Å². The van der Waals surface area contributed by atoms with E-state index in [1.807, 2.05) is 32.0 Å². The zero-order valence-corrected chi connectivity index (χ0v) is 21.3. The summed E-state index contributed by atoms with van der Waals surface area (Å²) in [5.74, 6) is 0.170. The van der Waals surface area contributed by atoms with E-state index in [4.69, 9.17) is 14.2 Å². The summed E-state index contributed by atoms with van der Waals surface area (Å²) in [7, 11) is 1.42. The van der Waals surface area contributed by atoms with Crippen molar-refractivity contribution in [3.63, 3.8) is 0 Å². The van der Waals surface area contributed by atoms with Crippen LogP contribution in [0, 0.1) is 26.0 Å². The molecule has 0 spiro atoms. The van der Waals surface area contributed by atoms with Gasteiger partial charge in [-0.1, -0.05) is 17.7 Å². The summed E-state index contributed by atoms with van der Waals surface area (Å²) in [5.41, 5.74) is 7.08. The van der Waals surface area contributed by atoms with Gasteiger partial charge in [-0.05, 0) is 68.1 Å². The molecular formula is C28H34N2O5. The predicted molar refractivity (Wildman–Crippen MR) is 136 cm³/mol. The van der Waals surface area contributed by atoms with Gasteiger partial charge in [0.15, 0.2) is 0 Å². The first-order chi connectivity index (χ1) is 16.8. The molecule has 1 saturated heterocycles. The molecule has 4 rings (SSSR count). The van der Waals surface area contributed by atoms with E-state index in [0.717, 1.165) is 71.0 Å². The number of benzene rings is 2. The number of hydroxylamine groups is 1. The summed E-state index contributed by atoms with van der Waals surface area (Å²) >= 11 is 0. The molecular weight excluding hydrogens is 444 g/mol. The average Bonchev–Trinajstić information content (AvgIpc) is 3.14. The van der Waals surface area contributed by atoms with Gasteiger partial charge in [0.2, 0.25) is 5.71 Å². The number of carbonyl (C=O) groups is 1. The highest BCUT2D eigenvalue weighted by atomic mass is 16.5. The first-order valence-electron chi connectivity index (χ1n) is 12.2. The van der Waals surface area contributed by atoms with Gasteiger partial charge < -0.3 is 19.4 Å². The van der Waals surface area contributed by atoms with Crippen LogP contribution in [0.4, 0.5) is 0 Å². The molecule has 1 heterocycles. The van der Waals surface area contributed by atoms with E-state index in [2.05, 4.69) is 24.0 Å². The smallest absolute Gasteiger partial charge is 0.345 e. The summed E-state index contributed by atoms with van der Waals surface area (Å²) in [6.07, 6.45) is 0. The summed E-state index contributed by atoms with van der Waals surface area (Å²) < 4.78 is 17.6. The van der Waals surface area contributed by atoms with E-state index >= 15 is 0 Å². The molecule has 0 bridgehead atoms. The molecule has 7 heteroatoms. The molecule has 0 amide bonds. The number of morpholine rings is 1. The molecule has 1 aliphatic carbocycles. The minimum absolute atomic E-state index is 0.226. The van der Waals surface area contributed by atoms with Crippen LogP contribution >= 0.6 is 0 Å². The van der Waals surface area contributed by atoms with Crippen LogP contribution in [0.5, 0.6) is 5.75 Å². The molecule has 0 N–H and O–H groups in total. The Morgan fingerprint density at radius 2 is 1.77 bits per heavy atom. The second-order valence-corrected chi connectivity index (χ2v) is 9.10. The highest BCUT2D eigenvalue weighted by Gasteiger charge is 2.40. The SMILES string of the molecule is CCOC(=O)C1=C(c2c(C)cc(C)cc2C)c2ccc(OCCN3CCOCC3)cc2/C1=[N+](/C)[O-]. The molecule has 2 aliphatic rings. The van der Waals surface area contributed by atoms with Gasteiger partial charge in [-0.25, -0.2) is 9.53 Å². The molecule has 7 nitrogen and oxygen atoms in total. The zero-order valence-electron chi connectivity index (χ0n) is 21.3. The normalized spacial score (nSPS) is 17.4. The Morgan fingerprint density at radius 1 is 1.09 bits per heavy atom. The van der Waals surface area contributed by atoms with Gasteiger partial charge in [0.1, 0.15) is 25.0 Å². The number of esters is 1. The molecule has 1 fully saturated rings. The number of ether oxygens (including phenoxy) is 3. The summed E-state index contributed by atoms with van der Waals surface area (Å²) in [6.45, 7) is 12.7. The van der Waals surface area contributed by atoms with Crippen molar-refractivity contribution in [3.8, 4) is 5.75 Å². The minimum Gasteiger partial charge on any atom is -0.624 e. The third-order valence-corrected chi connectivity index (χ3v) is 6.50. The van der Waals surface area contributed by atoms with Crippen LogP contribution < -0.4 is 4.74 Å². The molecule has 0 aromatic heterocycles. The standard InChI is InChI=1S/C28H34N2O5/c1-6-34-28(31)26-25(24-19(3)15-18(2)16-20(24)4)22-8-7-21(17-23(22)27(26)29(5)32)35-14-11-30-9-12-33-13-10-30/h7-8,15-17H,6,9-14H2,1-5H3/b29-27+. The third-order valence-electron chi connectivity index (χ3n) is 6.50. The topological polar surface area (TPSA) is 74.1 Å². The molecule has 35 heavy (non-hydrogen) atoms. The van der Waals surface area contributed by atoms with E-state index in [1.165, 1.54) is 7.05 Å². The van der Waals surface area contributed by atoms with Crippen LogP contribution in [0.2, 0.25) is 0 Å². The molecule has 0 unspecified atom stereocenters. The van der Waals surface area contributed by atoms with Crippen molar-refractivity contribution < 1.29 is 23.7 Å². The van der Waals surface area contributed by atoms with Crippen LogP contribution in [0.15, 0.2) is 35.9 Å². The number of nitrogens with zero attached hydrogens (tertiary/aromatic N) is 2. The number of carbonyl (C=O) groups excluding carboxylic acids is 1. The number of hydrogen-bond acceptors (Lipinski definition) is 6. The summed E-state index contributed by atoms with van der Waals surface area (Å²) in [4.78, 5) is 15.5. The Bertz CT molecular complexity index is 1160. The van der Waals surface area contributed by atoms with Crippen molar-refractivity contribution in [1.29, 1.82) is 0 Å². The quantitative estimate of drug-likeness (QED) is 0.262. The third kappa shape index (κ3) is 5.11. The second kappa shape index (κ2) is 10.6. The lowest BCUT2D eigenvalue weighted by atomic mass is 9.89. The first-order valence-corrected chi connectivity index (χ1v) is 12.2. The van der Waals surface area contributed by atoms with Crippen LogP contribution in [-0.4, -0.2) is 74.4 Å². The Hall–Kier alpha value is -3.16. The number of aryl methyl sites for hydroxylation is 3. The maximum absolute atomic E-state index is 13.2. The Kier molecular flexibility index (Phi) is 7.57. The fourth-order valence-corrected chi connectivity index (χ4v) is 5.10. The molecule has 186 valence electrons. The van der Waals surface area contributed by atoms with E-state index in [0.29, 0.717) is 29.2 Å². The first kappa shape index (κ1) is 24.9. The highest BCUT2D eigenvalue weighted by molar-refractivity contribution is 6.35. The molecule has 0 atom stereocenters. The second-order valence-electron chi connectivity index (χ2n) is 9.10. The van der Waals surface area contributed by atoms with Crippen molar-refractivity contribution in [1.82, 2.24) is 4.90 Å². The van der Waals surface area contributed by atoms with Crippen LogP contribution in [0.1, 0.15) is 40.3 Å². The van der Waals surface area contributed by atoms with Crippen molar-refractivity contribution in [2.24, 2.45) is 0 Å². The van der Waals surface area contributed by atoms with Gasteiger partial charge in [-0.15, -0.1) is 0 Å². The monoisotopic (exact) mass is 478 g/mol. The Morgan fingerprint density at radius 3 is 2.40 bits per heavy atom. The van der Waals surface area contributed by atoms with Crippen molar-refractivity contribution in [2.75, 3.05) is 53.1 Å². The molecule has 2 aromatic carbocycles.